The number of fused-ring (bicyclic) bond motifs is 1. The van der Waals surface area contributed by atoms with Crippen molar-refractivity contribution in [1.82, 2.24) is 0 Å². The highest BCUT2D eigenvalue weighted by Crippen LogP contribution is 2.35. The van der Waals surface area contributed by atoms with Crippen LogP contribution in [0.4, 0.5) is 5.69 Å². The van der Waals surface area contributed by atoms with Crippen molar-refractivity contribution in [2.24, 2.45) is 0 Å². The summed E-state index contributed by atoms with van der Waals surface area (Å²) in [7, 11) is -1.32. The monoisotopic (exact) mass is 228 g/mol. The van der Waals surface area contributed by atoms with Crippen molar-refractivity contribution in [3.63, 3.8) is 0 Å². The largest absolute Gasteiger partial charge is 0.347 e. The molecule has 4 heteroatoms. The van der Waals surface area contributed by atoms with Crippen molar-refractivity contribution in [1.29, 1.82) is 5.26 Å². The second-order valence-corrected chi connectivity index (χ2v) is 5.09. The predicted octanol–water partition coefficient (Wildman–Crippen LogP) is 2.04. The summed E-state index contributed by atoms with van der Waals surface area (Å²) < 4.78 is 11.9. The van der Waals surface area contributed by atoms with Gasteiger partial charge in [0.1, 0.15) is 26.8 Å². The zero-order valence-corrected chi connectivity index (χ0v) is 9.17. The molecule has 0 radical (unpaired) electrons. The van der Waals surface area contributed by atoms with Crippen molar-refractivity contribution in [2.75, 3.05) is 5.32 Å². The number of nitrogens with one attached hydrogen (secondary N) is 1. The summed E-state index contributed by atoms with van der Waals surface area (Å²) in [6, 6.07) is 9.89. The van der Waals surface area contributed by atoms with Crippen molar-refractivity contribution >= 4 is 16.5 Å². The Labute approximate surface area is 95.5 Å². The van der Waals surface area contributed by atoms with Gasteiger partial charge in [0.15, 0.2) is 0 Å². The first-order chi connectivity index (χ1) is 7.79. The zero-order valence-electron chi connectivity index (χ0n) is 8.36. The molecule has 3 rings (SSSR count). The summed E-state index contributed by atoms with van der Waals surface area (Å²) >= 11 is 0. The fourth-order valence-corrected chi connectivity index (χ4v) is 3.09. The van der Waals surface area contributed by atoms with E-state index in [0.717, 1.165) is 17.7 Å². The number of nitrogens with zero attached hydrogens (tertiary/aromatic N) is 1. The molecule has 0 aliphatic carbocycles. The van der Waals surface area contributed by atoms with E-state index in [1.807, 2.05) is 30.3 Å². The SMILES string of the molecule is N#CC1=CC2=C(Nc3ccccc3C2)S1=O. The van der Waals surface area contributed by atoms with E-state index in [2.05, 4.69) is 5.32 Å². The van der Waals surface area contributed by atoms with Gasteiger partial charge in [-0.2, -0.15) is 5.26 Å². The molecule has 0 saturated heterocycles. The number of hydrogen-bond donors (Lipinski definition) is 1. The Morgan fingerprint density at radius 3 is 3.00 bits per heavy atom. The number of hydrogen-bond acceptors (Lipinski definition) is 3. The Kier molecular flexibility index (Phi) is 1.95. The average molecular weight is 228 g/mol. The van der Waals surface area contributed by atoms with Gasteiger partial charge in [0.25, 0.3) is 0 Å². The van der Waals surface area contributed by atoms with Gasteiger partial charge in [-0.25, -0.2) is 4.21 Å². The quantitative estimate of drug-likeness (QED) is 0.739. The standard InChI is InChI=1S/C12H8N2OS/c13-7-10-6-9-5-8-3-1-2-4-11(8)14-12(9)16(10)15/h1-4,6,14H,5H2. The lowest BCUT2D eigenvalue weighted by Gasteiger charge is -2.18. The molecule has 0 aromatic heterocycles. The lowest BCUT2D eigenvalue weighted by atomic mass is 10.0. The summed E-state index contributed by atoms with van der Waals surface area (Å²) in [5.41, 5.74) is 3.13. The number of nitriles is 1. The minimum absolute atomic E-state index is 0.338. The molecule has 2 heterocycles. The fraction of sp³-hybridized carbons (Fsp3) is 0.0833. The molecule has 2 aliphatic rings. The van der Waals surface area contributed by atoms with Crippen LogP contribution in [0, 0.1) is 11.3 Å². The smallest absolute Gasteiger partial charge is 0.123 e. The van der Waals surface area contributed by atoms with E-state index in [4.69, 9.17) is 5.26 Å². The molecule has 1 aromatic carbocycles. The lowest BCUT2D eigenvalue weighted by molar-refractivity contribution is 0.691. The molecule has 0 spiro atoms. The molecular weight excluding hydrogens is 220 g/mol. The van der Waals surface area contributed by atoms with Crippen molar-refractivity contribution in [3.05, 3.63) is 51.4 Å². The Morgan fingerprint density at radius 2 is 2.19 bits per heavy atom. The van der Waals surface area contributed by atoms with Gasteiger partial charge in [0.05, 0.1) is 0 Å². The normalized spacial score (nSPS) is 21.7. The van der Waals surface area contributed by atoms with E-state index in [1.54, 1.807) is 6.08 Å². The number of allylic oxidation sites excluding steroid dienone is 3. The molecule has 0 bridgehead atoms. The van der Waals surface area contributed by atoms with Crippen LogP contribution in [0.15, 0.2) is 45.8 Å². The second kappa shape index (κ2) is 3.32. The molecule has 1 N–H and O–H groups in total. The van der Waals surface area contributed by atoms with E-state index in [0.29, 0.717) is 9.93 Å². The maximum Gasteiger partial charge on any atom is 0.123 e. The predicted molar refractivity (Wildman–Crippen MR) is 62.6 cm³/mol. The van der Waals surface area contributed by atoms with Crippen LogP contribution in [0.1, 0.15) is 5.56 Å². The van der Waals surface area contributed by atoms with Crippen LogP contribution in [0.5, 0.6) is 0 Å². The highest BCUT2D eigenvalue weighted by Gasteiger charge is 2.28. The van der Waals surface area contributed by atoms with Gasteiger partial charge < -0.3 is 5.32 Å². The van der Waals surface area contributed by atoms with Crippen LogP contribution in [-0.4, -0.2) is 4.21 Å². The molecule has 0 amide bonds. The van der Waals surface area contributed by atoms with Gasteiger partial charge in [-0.1, -0.05) is 18.2 Å². The van der Waals surface area contributed by atoms with Crippen LogP contribution in [0.2, 0.25) is 0 Å². The van der Waals surface area contributed by atoms with Crippen molar-refractivity contribution in [2.45, 2.75) is 6.42 Å². The molecule has 1 atom stereocenters. The summed E-state index contributed by atoms with van der Waals surface area (Å²) in [6.07, 6.45) is 2.48. The van der Waals surface area contributed by atoms with Crippen LogP contribution in [0.25, 0.3) is 0 Å². The number of para-hydroxylation sites is 1. The molecule has 1 aromatic rings. The van der Waals surface area contributed by atoms with Gasteiger partial charge in [-0.05, 0) is 23.3 Å². The van der Waals surface area contributed by atoms with Crippen LogP contribution < -0.4 is 5.32 Å². The molecule has 1 unspecified atom stereocenters. The van der Waals surface area contributed by atoms with Crippen LogP contribution in [0.3, 0.4) is 0 Å². The third-order valence-electron chi connectivity index (χ3n) is 2.74. The van der Waals surface area contributed by atoms with Gasteiger partial charge in [-0.15, -0.1) is 0 Å². The number of anilines is 1. The molecule has 3 nitrogen and oxygen atoms in total. The average Bonchev–Trinajstić information content (AvgIpc) is 2.63. The molecule has 16 heavy (non-hydrogen) atoms. The van der Waals surface area contributed by atoms with Crippen molar-refractivity contribution in [3.8, 4) is 6.07 Å². The van der Waals surface area contributed by atoms with E-state index in [1.165, 1.54) is 5.56 Å². The molecule has 0 saturated carbocycles. The number of benzene rings is 1. The zero-order chi connectivity index (χ0) is 11.1. The number of rotatable bonds is 0. The third-order valence-corrected chi connectivity index (χ3v) is 4.08. The van der Waals surface area contributed by atoms with E-state index >= 15 is 0 Å². The maximum absolute atomic E-state index is 11.9. The van der Waals surface area contributed by atoms with Gasteiger partial charge in [0.2, 0.25) is 0 Å². The Morgan fingerprint density at radius 1 is 1.38 bits per heavy atom. The molecule has 78 valence electrons. The van der Waals surface area contributed by atoms with E-state index in [9.17, 15) is 4.21 Å². The Bertz CT molecular complexity index is 608. The third kappa shape index (κ3) is 1.22. The van der Waals surface area contributed by atoms with Gasteiger partial charge in [0, 0.05) is 12.1 Å². The van der Waals surface area contributed by atoms with Crippen LogP contribution in [-0.2, 0) is 17.2 Å². The minimum Gasteiger partial charge on any atom is -0.347 e. The molecule has 0 fully saturated rings. The molecular formula is C12H8N2OS. The summed E-state index contributed by atoms with van der Waals surface area (Å²) in [4.78, 5) is 0.338. The highest BCUT2D eigenvalue weighted by atomic mass is 32.2. The first kappa shape index (κ1) is 9.37. The Hall–Kier alpha value is -1.86. The minimum atomic E-state index is -1.32. The lowest BCUT2D eigenvalue weighted by Crippen LogP contribution is -2.12. The van der Waals surface area contributed by atoms with E-state index < -0.39 is 10.8 Å². The summed E-state index contributed by atoms with van der Waals surface area (Å²) in [5.74, 6) is 0. The maximum atomic E-state index is 11.9. The topological polar surface area (TPSA) is 52.9 Å². The van der Waals surface area contributed by atoms with Gasteiger partial charge in [-0.3, -0.25) is 0 Å². The highest BCUT2D eigenvalue weighted by molar-refractivity contribution is 7.93. The summed E-state index contributed by atoms with van der Waals surface area (Å²) in [5, 5.41) is 12.7. The van der Waals surface area contributed by atoms with Crippen LogP contribution >= 0.6 is 0 Å². The first-order valence-corrected chi connectivity index (χ1v) is 6.06. The first-order valence-electron chi connectivity index (χ1n) is 4.91. The fourth-order valence-electron chi connectivity index (χ4n) is 1.96. The Balaban J connectivity index is 2.06. The second-order valence-electron chi connectivity index (χ2n) is 3.70. The van der Waals surface area contributed by atoms with Gasteiger partial charge >= 0.3 is 0 Å². The molecule has 2 aliphatic heterocycles. The van der Waals surface area contributed by atoms with E-state index in [-0.39, 0.29) is 0 Å². The van der Waals surface area contributed by atoms with Crippen molar-refractivity contribution < 1.29 is 4.21 Å². The summed E-state index contributed by atoms with van der Waals surface area (Å²) in [6.45, 7) is 0.